The molecule has 0 fully saturated rings. The van der Waals surface area contributed by atoms with Gasteiger partial charge in [0, 0.05) is 62.1 Å². The first-order valence-corrected chi connectivity index (χ1v) is 6.54. The fourth-order valence-corrected chi connectivity index (χ4v) is 2.32. The predicted octanol–water partition coefficient (Wildman–Crippen LogP) is 2.65. The van der Waals surface area contributed by atoms with Crippen molar-refractivity contribution in [2.45, 2.75) is 0 Å². The summed E-state index contributed by atoms with van der Waals surface area (Å²) < 4.78 is 0. The second-order valence-electron chi connectivity index (χ2n) is 5.34. The Morgan fingerprint density at radius 3 is 1.30 bits per heavy atom. The Bertz CT molecular complexity index is 562. The van der Waals surface area contributed by atoms with Crippen molar-refractivity contribution in [3.8, 4) is 11.1 Å². The number of anilines is 4. The first-order chi connectivity index (χ1) is 9.40. The van der Waals surface area contributed by atoms with Gasteiger partial charge in [-0.15, -0.1) is 0 Å². The Morgan fingerprint density at radius 2 is 1.00 bits per heavy atom. The average molecular weight is 270 g/mol. The lowest BCUT2D eigenvalue weighted by Crippen LogP contribution is -2.13. The van der Waals surface area contributed by atoms with Crippen LogP contribution in [0.5, 0.6) is 0 Å². The Balaban J connectivity index is 2.73. The van der Waals surface area contributed by atoms with Crippen molar-refractivity contribution in [1.29, 1.82) is 0 Å². The molecule has 0 bridgehead atoms. The highest BCUT2D eigenvalue weighted by molar-refractivity contribution is 5.89. The molecular formula is C16H22N4. The van der Waals surface area contributed by atoms with E-state index in [9.17, 15) is 0 Å². The zero-order valence-electron chi connectivity index (χ0n) is 12.5. The summed E-state index contributed by atoms with van der Waals surface area (Å²) >= 11 is 0. The zero-order valence-corrected chi connectivity index (χ0v) is 12.5. The predicted molar refractivity (Wildman–Crippen MR) is 89.4 cm³/mol. The highest BCUT2D eigenvalue weighted by Crippen LogP contribution is 2.38. The molecule has 0 heterocycles. The normalized spacial score (nSPS) is 10.4. The van der Waals surface area contributed by atoms with E-state index in [0.717, 1.165) is 33.9 Å². The fourth-order valence-electron chi connectivity index (χ4n) is 2.32. The van der Waals surface area contributed by atoms with Gasteiger partial charge in [-0.2, -0.15) is 0 Å². The molecule has 0 aromatic heterocycles. The molecule has 2 aromatic rings. The van der Waals surface area contributed by atoms with Crippen LogP contribution in [0.3, 0.4) is 0 Å². The third kappa shape index (κ3) is 2.64. The van der Waals surface area contributed by atoms with Gasteiger partial charge in [0.05, 0.1) is 0 Å². The lowest BCUT2D eigenvalue weighted by molar-refractivity contribution is 1.12. The number of hydrogen-bond acceptors (Lipinski definition) is 4. The van der Waals surface area contributed by atoms with Gasteiger partial charge in [0.1, 0.15) is 0 Å². The van der Waals surface area contributed by atoms with Crippen LogP contribution in [-0.2, 0) is 0 Å². The average Bonchev–Trinajstić information content (AvgIpc) is 2.37. The molecule has 20 heavy (non-hydrogen) atoms. The Kier molecular flexibility index (Phi) is 3.74. The van der Waals surface area contributed by atoms with E-state index < -0.39 is 0 Å². The van der Waals surface area contributed by atoms with E-state index in [1.54, 1.807) is 0 Å². The van der Waals surface area contributed by atoms with Crippen LogP contribution in [-0.4, -0.2) is 28.2 Å². The molecule has 4 heteroatoms. The van der Waals surface area contributed by atoms with Crippen LogP contribution in [0.15, 0.2) is 36.4 Å². The fraction of sp³-hybridized carbons (Fsp3) is 0.250. The molecule has 2 aromatic carbocycles. The molecule has 0 aliphatic heterocycles. The SMILES string of the molecule is CN(C)c1ccc(N)cc1-c1cc(N)ccc1N(C)C. The number of rotatable bonds is 3. The lowest BCUT2D eigenvalue weighted by Gasteiger charge is -2.23. The summed E-state index contributed by atoms with van der Waals surface area (Å²) in [7, 11) is 8.10. The lowest BCUT2D eigenvalue weighted by atomic mass is 9.99. The molecule has 0 atom stereocenters. The number of nitrogens with two attached hydrogens (primary N) is 2. The van der Waals surface area contributed by atoms with Gasteiger partial charge < -0.3 is 21.3 Å². The van der Waals surface area contributed by atoms with E-state index >= 15 is 0 Å². The van der Waals surface area contributed by atoms with Gasteiger partial charge >= 0.3 is 0 Å². The molecule has 0 saturated heterocycles. The van der Waals surface area contributed by atoms with E-state index in [1.165, 1.54) is 0 Å². The highest BCUT2D eigenvalue weighted by Gasteiger charge is 2.13. The second kappa shape index (κ2) is 5.33. The zero-order chi connectivity index (χ0) is 14.9. The van der Waals surface area contributed by atoms with Crippen LogP contribution in [0.1, 0.15) is 0 Å². The summed E-state index contributed by atoms with van der Waals surface area (Å²) in [4.78, 5) is 4.16. The summed E-state index contributed by atoms with van der Waals surface area (Å²) in [5.74, 6) is 0. The van der Waals surface area contributed by atoms with Crippen LogP contribution in [0.25, 0.3) is 11.1 Å². The van der Waals surface area contributed by atoms with Gasteiger partial charge in [0.2, 0.25) is 0 Å². The van der Waals surface area contributed by atoms with E-state index in [0.29, 0.717) is 0 Å². The summed E-state index contributed by atoms with van der Waals surface area (Å²) in [5.41, 5.74) is 17.8. The van der Waals surface area contributed by atoms with Crippen molar-refractivity contribution in [3.63, 3.8) is 0 Å². The van der Waals surface area contributed by atoms with Crippen LogP contribution >= 0.6 is 0 Å². The van der Waals surface area contributed by atoms with Gasteiger partial charge in [-0.25, -0.2) is 0 Å². The maximum atomic E-state index is 5.97. The number of nitrogen functional groups attached to an aromatic ring is 2. The van der Waals surface area contributed by atoms with Crippen LogP contribution < -0.4 is 21.3 Å². The summed E-state index contributed by atoms with van der Waals surface area (Å²) in [6.07, 6.45) is 0. The molecule has 106 valence electrons. The quantitative estimate of drug-likeness (QED) is 0.842. The largest absolute Gasteiger partial charge is 0.399 e. The maximum Gasteiger partial charge on any atom is 0.0443 e. The molecule has 4 nitrogen and oxygen atoms in total. The van der Waals surface area contributed by atoms with Crippen molar-refractivity contribution in [2.24, 2.45) is 0 Å². The van der Waals surface area contributed by atoms with Gasteiger partial charge in [-0.1, -0.05) is 0 Å². The second-order valence-corrected chi connectivity index (χ2v) is 5.34. The Hall–Kier alpha value is -2.36. The maximum absolute atomic E-state index is 5.97. The molecule has 0 aliphatic rings. The minimum absolute atomic E-state index is 0.748. The van der Waals surface area contributed by atoms with Gasteiger partial charge in [0.15, 0.2) is 0 Å². The van der Waals surface area contributed by atoms with E-state index in [-0.39, 0.29) is 0 Å². The third-order valence-electron chi connectivity index (χ3n) is 3.30. The first kappa shape index (κ1) is 14.1. The van der Waals surface area contributed by atoms with Gasteiger partial charge in [-0.3, -0.25) is 0 Å². The standard InChI is InChI=1S/C16H22N4/c1-19(2)15-7-5-11(17)9-13(15)14-10-12(18)6-8-16(14)20(3)4/h5-10H,17-18H2,1-4H3. The van der Waals surface area contributed by atoms with Crippen LogP contribution in [0.4, 0.5) is 22.7 Å². The molecule has 2 rings (SSSR count). The minimum Gasteiger partial charge on any atom is -0.399 e. The summed E-state index contributed by atoms with van der Waals surface area (Å²) in [6, 6.07) is 11.9. The summed E-state index contributed by atoms with van der Waals surface area (Å²) in [5, 5.41) is 0. The minimum atomic E-state index is 0.748. The van der Waals surface area contributed by atoms with Crippen LogP contribution in [0, 0.1) is 0 Å². The van der Waals surface area contributed by atoms with Crippen molar-refractivity contribution >= 4 is 22.7 Å². The van der Waals surface area contributed by atoms with E-state index in [2.05, 4.69) is 9.80 Å². The Labute approximate surface area is 120 Å². The molecule has 0 aliphatic carbocycles. The van der Waals surface area contributed by atoms with E-state index in [1.807, 2.05) is 64.6 Å². The summed E-state index contributed by atoms with van der Waals surface area (Å²) in [6.45, 7) is 0. The van der Waals surface area contributed by atoms with Gasteiger partial charge in [0.25, 0.3) is 0 Å². The highest BCUT2D eigenvalue weighted by atomic mass is 15.1. The number of hydrogen-bond donors (Lipinski definition) is 2. The number of nitrogens with zero attached hydrogens (tertiary/aromatic N) is 2. The van der Waals surface area contributed by atoms with Gasteiger partial charge in [-0.05, 0) is 36.4 Å². The smallest absolute Gasteiger partial charge is 0.0443 e. The molecule has 0 spiro atoms. The van der Waals surface area contributed by atoms with Crippen molar-refractivity contribution in [2.75, 3.05) is 49.5 Å². The molecular weight excluding hydrogens is 248 g/mol. The first-order valence-electron chi connectivity index (χ1n) is 6.54. The molecule has 4 N–H and O–H groups in total. The molecule has 0 saturated carbocycles. The van der Waals surface area contributed by atoms with Crippen molar-refractivity contribution < 1.29 is 0 Å². The number of benzene rings is 2. The monoisotopic (exact) mass is 270 g/mol. The Morgan fingerprint density at radius 1 is 0.650 bits per heavy atom. The third-order valence-corrected chi connectivity index (χ3v) is 3.30. The van der Waals surface area contributed by atoms with E-state index in [4.69, 9.17) is 11.5 Å². The molecule has 0 unspecified atom stereocenters. The van der Waals surface area contributed by atoms with Crippen molar-refractivity contribution in [3.05, 3.63) is 36.4 Å². The molecule has 0 radical (unpaired) electrons. The van der Waals surface area contributed by atoms with Crippen molar-refractivity contribution in [1.82, 2.24) is 0 Å². The molecule has 0 amide bonds. The van der Waals surface area contributed by atoms with Crippen LogP contribution in [0.2, 0.25) is 0 Å². The topological polar surface area (TPSA) is 58.5 Å².